The van der Waals surface area contributed by atoms with Gasteiger partial charge in [-0.3, -0.25) is 4.98 Å². The van der Waals surface area contributed by atoms with Crippen molar-refractivity contribution in [1.29, 1.82) is 0 Å². The van der Waals surface area contributed by atoms with Crippen LogP contribution >= 0.6 is 0 Å². The molecule has 3 aromatic rings. The number of nitrogens with zero attached hydrogens (tertiary/aromatic N) is 4. The zero-order valence-corrected chi connectivity index (χ0v) is 16.0. The summed E-state index contributed by atoms with van der Waals surface area (Å²) in [7, 11) is 1.63. The van der Waals surface area contributed by atoms with E-state index in [1.165, 1.54) is 0 Å². The van der Waals surface area contributed by atoms with Gasteiger partial charge in [-0.25, -0.2) is 9.97 Å². The fraction of sp³-hybridized carbons (Fsp3) is 0.350. The molecule has 7 heteroatoms. The van der Waals surface area contributed by atoms with Gasteiger partial charge in [0.15, 0.2) is 0 Å². The first-order valence-corrected chi connectivity index (χ1v) is 9.03. The summed E-state index contributed by atoms with van der Waals surface area (Å²) in [5.74, 6) is 1.14. The second-order valence-corrected chi connectivity index (χ2v) is 6.10. The van der Waals surface area contributed by atoms with E-state index in [2.05, 4.69) is 35.7 Å². The Morgan fingerprint density at radius 3 is 2.96 bits per heavy atom. The molecule has 0 fully saturated rings. The molecule has 0 aromatic carbocycles. The maximum Gasteiger partial charge on any atom is 0.258 e. The van der Waals surface area contributed by atoms with Crippen molar-refractivity contribution in [2.24, 2.45) is 0 Å². The minimum Gasteiger partial charge on any atom is -0.494 e. The Bertz CT molecular complexity index is 922. The Hall–Kier alpha value is -2.93. The summed E-state index contributed by atoms with van der Waals surface area (Å²) < 4.78 is 13.3. The van der Waals surface area contributed by atoms with Crippen LogP contribution in [0.5, 0.6) is 11.6 Å². The van der Waals surface area contributed by atoms with E-state index in [1.807, 2.05) is 28.9 Å². The van der Waals surface area contributed by atoms with Crippen molar-refractivity contribution in [3.63, 3.8) is 0 Å². The van der Waals surface area contributed by atoms with Gasteiger partial charge in [-0.2, -0.15) is 0 Å². The van der Waals surface area contributed by atoms with Crippen LogP contribution in [0.25, 0.3) is 16.9 Å². The second kappa shape index (κ2) is 8.64. The topological polar surface area (TPSA) is 73.6 Å². The third-order valence-corrected chi connectivity index (χ3v) is 4.24. The third-order valence-electron chi connectivity index (χ3n) is 4.24. The molecule has 0 unspecified atom stereocenters. The van der Waals surface area contributed by atoms with Crippen LogP contribution in [0.15, 0.2) is 43.5 Å². The van der Waals surface area contributed by atoms with Crippen molar-refractivity contribution in [2.75, 3.05) is 20.3 Å². The lowest BCUT2D eigenvalue weighted by Gasteiger charge is -2.15. The van der Waals surface area contributed by atoms with Gasteiger partial charge in [0.25, 0.3) is 5.88 Å². The van der Waals surface area contributed by atoms with E-state index in [1.54, 1.807) is 19.5 Å². The van der Waals surface area contributed by atoms with E-state index in [0.29, 0.717) is 23.9 Å². The number of ether oxygens (including phenoxy) is 2. The van der Waals surface area contributed by atoms with Crippen LogP contribution in [0.1, 0.15) is 32.0 Å². The number of aromatic nitrogens is 4. The zero-order chi connectivity index (χ0) is 19.2. The number of rotatable bonds is 9. The van der Waals surface area contributed by atoms with Gasteiger partial charge in [-0.15, -0.1) is 6.58 Å². The van der Waals surface area contributed by atoms with Crippen LogP contribution in [0.4, 0.5) is 0 Å². The van der Waals surface area contributed by atoms with Crippen LogP contribution < -0.4 is 14.8 Å². The highest BCUT2D eigenvalue weighted by Gasteiger charge is 2.16. The van der Waals surface area contributed by atoms with Gasteiger partial charge in [0, 0.05) is 30.2 Å². The van der Waals surface area contributed by atoms with Gasteiger partial charge in [0.05, 0.1) is 31.3 Å². The molecular formula is C20H25N5O2. The monoisotopic (exact) mass is 367 g/mol. The van der Waals surface area contributed by atoms with Crippen LogP contribution in [-0.4, -0.2) is 39.6 Å². The van der Waals surface area contributed by atoms with E-state index in [4.69, 9.17) is 14.5 Å². The predicted octanol–water partition coefficient (Wildman–Crippen LogP) is 3.43. The molecule has 7 nitrogen and oxygen atoms in total. The highest BCUT2D eigenvalue weighted by Crippen LogP contribution is 2.32. The minimum atomic E-state index is 0.125. The molecule has 3 rings (SSSR count). The van der Waals surface area contributed by atoms with Crippen molar-refractivity contribution in [2.45, 2.75) is 26.3 Å². The average Bonchev–Trinajstić information content (AvgIpc) is 3.16. The summed E-state index contributed by atoms with van der Waals surface area (Å²) in [6.45, 7) is 9.24. The van der Waals surface area contributed by atoms with Crippen molar-refractivity contribution in [3.8, 4) is 22.9 Å². The van der Waals surface area contributed by atoms with Crippen LogP contribution in [0.2, 0.25) is 0 Å². The first-order chi connectivity index (χ1) is 13.2. The quantitative estimate of drug-likeness (QED) is 0.461. The predicted molar refractivity (Wildman–Crippen MR) is 105 cm³/mol. The van der Waals surface area contributed by atoms with Crippen LogP contribution in [0.3, 0.4) is 0 Å². The zero-order valence-electron chi connectivity index (χ0n) is 16.0. The lowest BCUT2D eigenvalue weighted by Crippen LogP contribution is -2.18. The summed E-state index contributed by atoms with van der Waals surface area (Å²) in [5, 5.41) is 3.38. The first-order valence-electron chi connectivity index (χ1n) is 9.03. The molecule has 0 saturated heterocycles. The molecule has 0 radical (unpaired) electrons. The molecule has 1 N–H and O–H groups in total. The normalized spacial score (nSPS) is 12.1. The number of hydrogen-bond donors (Lipinski definition) is 1. The van der Waals surface area contributed by atoms with E-state index < -0.39 is 0 Å². The van der Waals surface area contributed by atoms with Crippen LogP contribution in [0, 0.1) is 0 Å². The molecule has 0 bridgehead atoms. The molecule has 0 saturated carbocycles. The van der Waals surface area contributed by atoms with Gasteiger partial charge in [0.1, 0.15) is 5.75 Å². The second-order valence-electron chi connectivity index (χ2n) is 6.10. The summed E-state index contributed by atoms with van der Waals surface area (Å²) >= 11 is 0. The Morgan fingerprint density at radius 1 is 1.37 bits per heavy atom. The number of nitrogens with one attached hydrogen (secondary N) is 1. The number of pyridine rings is 1. The van der Waals surface area contributed by atoms with Gasteiger partial charge >= 0.3 is 0 Å². The van der Waals surface area contributed by atoms with E-state index >= 15 is 0 Å². The number of methoxy groups -OCH3 is 1. The Balaban J connectivity index is 2.07. The standard InChI is InChI=1S/C20H25N5O2/c1-5-7-10-27-20-19-22-8-9-25(19)13-17(24-20)15-11-16(14(3)21-6-2)23-12-18(15)26-4/h5,8-9,11-14,21H,1,6-7,10H2,2-4H3/t14-/m1/s1. The Labute approximate surface area is 159 Å². The molecule has 0 aliphatic heterocycles. The fourth-order valence-corrected chi connectivity index (χ4v) is 2.84. The SMILES string of the molecule is C=CCCOc1nc(-c2cc([C@@H](C)NCC)ncc2OC)cn2ccnc12. The van der Waals surface area contributed by atoms with Gasteiger partial charge < -0.3 is 19.2 Å². The molecule has 0 aliphatic carbocycles. The summed E-state index contributed by atoms with van der Waals surface area (Å²) in [6, 6.07) is 2.13. The highest BCUT2D eigenvalue weighted by atomic mass is 16.5. The maximum atomic E-state index is 5.84. The first kappa shape index (κ1) is 18.8. The van der Waals surface area contributed by atoms with Crippen LogP contribution in [-0.2, 0) is 0 Å². The average molecular weight is 367 g/mol. The third kappa shape index (κ3) is 4.09. The van der Waals surface area contributed by atoms with Crippen molar-refractivity contribution in [3.05, 3.63) is 49.2 Å². The summed E-state index contributed by atoms with van der Waals surface area (Å²) in [6.07, 6.45) is 9.80. The lowest BCUT2D eigenvalue weighted by atomic mass is 10.1. The molecule has 3 heterocycles. The molecule has 0 amide bonds. The molecular weight excluding hydrogens is 342 g/mol. The van der Waals surface area contributed by atoms with E-state index in [0.717, 1.165) is 29.9 Å². The number of fused-ring (bicyclic) bond motifs is 1. The maximum absolute atomic E-state index is 5.84. The van der Waals surface area contributed by atoms with Gasteiger partial charge in [-0.1, -0.05) is 13.0 Å². The fourth-order valence-electron chi connectivity index (χ4n) is 2.84. The van der Waals surface area contributed by atoms with E-state index in [9.17, 15) is 0 Å². The van der Waals surface area contributed by atoms with E-state index in [-0.39, 0.29) is 6.04 Å². The van der Waals surface area contributed by atoms with Gasteiger partial charge in [0.2, 0.25) is 5.65 Å². The number of imidazole rings is 1. The Kier molecular flexibility index (Phi) is 6.03. The molecule has 27 heavy (non-hydrogen) atoms. The van der Waals surface area contributed by atoms with Crippen molar-refractivity contribution < 1.29 is 9.47 Å². The lowest BCUT2D eigenvalue weighted by molar-refractivity contribution is 0.315. The Morgan fingerprint density at radius 2 is 2.22 bits per heavy atom. The van der Waals surface area contributed by atoms with Gasteiger partial charge in [-0.05, 0) is 26.0 Å². The minimum absolute atomic E-state index is 0.125. The summed E-state index contributed by atoms with van der Waals surface area (Å²) in [4.78, 5) is 13.6. The molecule has 3 aromatic heterocycles. The molecule has 0 aliphatic rings. The molecule has 1 atom stereocenters. The van der Waals surface area contributed by atoms with Crippen molar-refractivity contribution in [1.82, 2.24) is 24.7 Å². The molecule has 0 spiro atoms. The highest BCUT2D eigenvalue weighted by molar-refractivity contribution is 5.69. The molecule has 142 valence electrons. The largest absolute Gasteiger partial charge is 0.494 e. The smallest absolute Gasteiger partial charge is 0.258 e. The number of hydrogen-bond acceptors (Lipinski definition) is 6. The van der Waals surface area contributed by atoms with Crippen molar-refractivity contribution >= 4 is 5.65 Å². The summed E-state index contributed by atoms with van der Waals surface area (Å²) in [5.41, 5.74) is 3.20.